The van der Waals surface area contributed by atoms with Crippen molar-refractivity contribution >= 4 is 34.2 Å². The van der Waals surface area contributed by atoms with Crippen LogP contribution in [0.15, 0.2) is 42.7 Å². The van der Waals surface area contributed by atoms with E-state index in [2.05, 4.69) is 15.2 Å². The van der Waals surface area contributed by atoms with Gasteiger partial charge in [0, 0.05) is 36.9 Å². The van der Waals surface area contributed by atoms with Crippen molar-refractivity contribution in [2.24, 2.45) is 0 Å². The monoisotopic (exact) mass is 505 g/mol. The first kappa shape index (κ1) is 23.9. The van der Waals surface area contributed by atoms with Crippen LogP contribution in [0, 0.1) is 0 Å². The Morgan fingerprint density at radius 3 is 2.60 bits per heavy atom. The van der Waals surface area contributed by atoms with Crippen LogP contribution in [0.25, 0.3) is 11.0 Å². The summed E-state index contributed by atoms with van der Waals surface area (Å²) < 4.78 is 42.9. The smallest absolute Gasteiger partial charge is 0.368 e. The minimum absolute atomic E-state index is 0.0485. The Morgan fingerprint density at radius 2 is 1.91 bits per heavy atom. The van der Waals surface area contributed by atoms with E-state index < -0.39 is 17.8 Å². The predicted molar refractivity (Wildman–Crippen MR) is 130 cm³/mol. The van der Waals surface area contributed by atoms with E-state index in [4.69, 9.17) is 11.6 Å². The zero-order valence-electron chi connectivity index (χ0n) is 19.4. The molecule has 0 bridgehead atoms. The highest BCUT2D eigenvalue weighted by molar-refractivity contribution is 6.30. The quantitative estimate of drug-likeness (QED) is 0.557. The third kappa shape index (κ3) is 4.71. The fourth-order valence-corrected chi connectivity index (χ4v) is 5.28. The number of anilines is 1. The van der Waals surface area contributed by atoms with Gasteiger partial charge in [-0.15, -0.1) is 0 Å². The number of amides is 1. The number of nitrogens with zero attached hydrogens (tertiary/aromatic N) is 4. The van der Waals surface area contributed by atoms with Gasteiger partial charge in [0.2, 0.25) is 5.91 Å². The average molecular weight is 506 g/mol. The number of carbonyl (C=O) groups is 1. The number of fused-ring (bicyclic) bond motifs is 1. The highest BCUT2D eigenvalue weighted by atomic mass is 35.5. The van der Waals surface area contributed by atoms with E-state index in [0.29, 0.717) is 31.7 Å². The lowest BCUT2D eigenvalue weighted by atomic mass is 10.0. The summed E-state index contributed by atoms with van der Waals surface area (Å²) >= 11 is 5.87. The number of aromatic nitrogens is 2. The fraction of sp³-hybridized carbons (Fsp3) is 0.440. The van der Waals surface area contributed by atoms with Crippen LogP contribution in [0.5, 0.6) is 0 Å². The number of hydrogen-bond acceptors (Lipinski definition) is 4. The Labute approximate surface area is 206 Å². The second-order valence-electron chi connectivity index (χ2n) is 9.19. The van der Waals surface area contributed by atoms with Crippen molar-refractivity contribution in [2.45, 2.75) is 38.0 Å². The molecule has 6 nitrogen and oxygen atoms in total. The number of nitrogens with one attached hydrogen (secondary N) is 1. The van der Waals surface area contributed by atoms with Crippen LogP contribution >= 0.6 is 11.6 Å². The first-order chi connectivity index (χ1) is 16.7. The van der Waals surface area contributed by atoms with Gasteiger partial charge in [-0.25, -0.2) is 4.98 Å². The van der Waals surface area contributed by atoms with Crippen LogP contribution in [0.2, 0.25) is 5.02 Å². The molecule has 3 heterocycles. The molecule has 3 aromatic rings. The van der Waals surface area contributed by atoms with Gasteiger partial charge in [0.1, 0.15) is 0 Å². The summed E-state index contributed by atoms with van der Waals surface area (Å²) in [5, 5.41) is 3.32. The summed E-state index contributed by atoms with van der Waals surface area (Å²) in [6.07, 6.45) is -1.01. The number of imidazole rings is 1. The first-order valence-corrected chi connectivity index (χ1v) is 12.2. The van der Waals surface area contributed by atoms with Gasteiger partial charge in [-0.1, -0.05) is 17.7 Å². The van der Waals surface area contributed by atoms with Gasteiger partial charge >= 0.3 is 6.18 Å². The van der Waals surface area contributed by atoms with Gasteiger partial charge in [-0.2, -0.15) is 13.2 Å². The molecule has 2 atom stereocenters. The molecule has 0 spiro atoms. The lowest BCUT2D eigenvalue weighted by molar-refractivity contribution is -0.138. The summed E-state index contributed by atoms with van der Waals surface area (Å²) in [5.41, 5.74) is 1.83. The van der Waals surface area contributed by atoms with Gasteiger partial charge < -0.3 is 19.7 Å². The highest BCUT2D eigenvalue weighted by Gasteiger charge is 2.35. The summed E-state index contributed by atoms with van der Waals surface area (Å²) in [6, 6.07) is 9.05. The maximum absolute atomic E-state index is 13.7. The Morgan fingerprint density at radius 1 is 1.14 bits per heavy atom. The Bertz CT molecular complexity index is 1230. The molecule has 0 unspecified atom stereocenters. The zero-order chi connectivity index (χ0) is 24.7. The standard InChI is InChI=1S/C25H27ClF3N5O/c1-16(19-6-4-17(26)13-20(19)25(27,28)29)34-15-31-21-7-5-18(14-23(21)34)32-9-11-33(12-10-32)24(35)22-3-2-8-30-22/h4-7,13-16,22,30H,2-3,8-12H2,1H3/t16-,22-/m1/s1. The molecule has 0 aliphatic carbocycles. The van der Waals surface area contributed by atoms with Crippen molar-refractivity contribution < 1.29 is 18.0 Å². The van der Waals surface area contributed by atoms with Crippen molar-refractivity contribution in [2.75, 3.05) is 37.6 Å². The van der Waals surface area contributed by atoms with Crippen LogP contribution in [-0.2, 0) is 11.0 Å². The summed E-state index contributed by atoms with van der Waals surface area (Å²) in [6.45, 7) is 5.30. The van der Waals surface area contributed by atoms with Crippen molar-refractivity contribution in [3.63, 3.8) is 0 Å². The Balaban J connectivity index is 1.38. The van der Waals surface area contributed by atoms with Crippen molar-refractivity contribution in [3.05, 3.63) is 58.9 Å². The van der Waals surface area contributed by atoms with Crippen LogP contribution < -0.4 is 10.2 Å². The average Bonchev–Trinajstić information content (AvgIpc) is 3.53. The third-order valence-corrected chi connectivity index (χ3v) is 7.30. The molecular weight excluding hydrogens is 479 g/mol. The molecule has 0 radical (unpaired) electrons. The minimum Gasteiger partial charge on any atom is -0.368 e. The lowest BCUT2D eigenvalue weighted by Gasteiger charge is -2.37. The maximum Gasteiger partial charge on any atom is 0.416 e. The SMILES string of the molecule is C[C@H](c1ccc(Cl)cc1C(F)(F)F)n1cnc2ccc(N3CCN(C(=O)[C@H]4CCCN4)CC3)cc21. The molecule has 186 valence electrons. The third-order valence-electron chi connectivity index (χ3n) is 7.06. The van der Waals surface area contributed by atoms with Gasteiger partial charge in [0.25, 0.3) is 0 Å². The number of carbonyl (C=O) groups excluding carboxylic acids is 1. The molecule has 1 amide bonds. The van der Waals surface area contributed by atoms with E-state index >= 15 is 0 Å². The minimum atomic E-state index is -4.51. The first-order valence-electron chi connectivity index (χ1n) is 11.8. The molecule has 10 heteroatoms. The molecule has 0 saturated carbocycles. The number of halogens is 4. The Hall–Kier alpha value is -2.78. The number of hydrogen-bond donors (Lipinski definition) is 1. The molecule has 1 aromatic heterocycles. The van der Waals surface area contributed by atoms with Gasteiger partial charge in [-0.3, -0.25) is 4.79 Å². The Kier molecular flexibility index (Phi) is 6.40. The number of rotatable bonds is 4. The fourth-order valence-electron chi connectivity index (χ4n) is 5.11. The van der Waals surface area contributed by atoms with Crippen LogP contribution in [0.4, 0.5) is 18.9 Å². The maximum atomic E-state index is 13.7. The number of alkyl halides is 3. The van der Waals surface area contributed by atoms with E-state index in [1.807, 2.05) is 23.1 Å². The van der Waals surface area contributed by atoms with Gasteiger partial charge in [0.05, 0.1) is 35.0 Å². The van der Waals surface area contributed by atoms with E-state index in [-0.39, 0.29) is 22.5 Å². The molecule has 2 saturated heterocycles. The highest BCUT2D eigenvalue weighted by Crippen LogP contribution is 2.38. The molecule has 2 aliphatic heterocycles. The van der Waals surface area contributed by atoms with Crippen molar-refractivity contribution in [1.82, 2.24) is 19.8 Å². The molecule has 2 aliphatic rings. The normalized spacial score (nSPS) is 20.0. The van der Waals surface area contributed by atoms with Crippen molar-refractivity contribution in [3.8, 4) is 0 Å². The van der Waals surface area contributed by atoms with Crippen LogP contribution in [0.3, 0.4) is 0 Å². The van der Waals surface area contributed by atoms with E-state index in [1.54, 1.807) is 17.8 Å². The summed E-state index contributed by atoms with van der Waals surface area (Å²) in [7, 11) is 0. The van der Waals surface area contributed by atoms with Crippen molar-refractivity contribution in [1.29, 1.82) is 0 Å². The molecule has 5 rings (SSSR count). The molecular formula is C25H27ClF3N5O. The predicted octanol–water partition coefficient (Wildman–Crippen LogP) is 4.72. The largest absolute Gasteiger partial charge is 0.416 e. The molecule has 1 N–H and O–H groups in total. The molecule has 35 heavy (non-hydrogen) atoms. The van der Waals surface area contributed by atoms with Crippen LogP contribution in [0.1, 0.15) is 36.9 Å². The molecule has 2 fully saturated rings. The number of piperazine rings is 1. The number of benzene rings is 2. The van der Waals surface area contributed by atoms with E-state index in [1.165, 1.54) is 12.1 Å². The summed E-state index contributed by atoms with van der Waals surface area (Å²) in [4.78, 5) is 21.2. The van der Waals surface area contributed by atoms with Gasteiger partial charge in [-0.05, 0) is 62.2 Å². The zero-order valence-corrected chi connectivity index (χ0v) is 20.1. The van der Waals surface area contributed by atoms with E-state index in [0.717, 1.165) is 36.7 Å². The second-order valence-corrected chi connectivity index (χ2v) is 9.63. The van der Waals surface area contributed by atoms with Crippen LogP contribution in [-0.4, -0.2) is 59.1 Å². The molecule has 2 aromatic carbocycles. The summed E-state index contributed by atoms with van der Waals surface area (Å²) in [5.74, 6) is 0.174. The second kappa shape index (κ2) is 9.35. The lowest BCUT2D eigenvalue weighted by Crippen LogP contribution is -2.53. The van der Waals surface area contributed by atoms with Gasteiger partial charge in [0.15, 0.2) is 0 Å². The van der Waals surface area contributed by atoms with E-state index in [9.17, 15) is 18.0 Å². The topological polar surface area (TPSA) is 53.4 Å².